The first-order valence-electron chi connectivity index (χ1n) is 1.14. The summed E-state index contributed by atoms with van der Waals surface area (Å²) < 4.78 is 0. The third-order valence-corrected chi connectivity index (χ3v) is 0. The quantitative estimate of drug-likeness (QED) is 0.355. The molecule has 0 atom stereocenters. The van der Waals surface area contributed by atoms with Gasteiger partial charge in [-0.05, 0) is 0 Å². The first-order chi connectivity index (χ1) is 2.00. The Morgan fingerprint density at radius 3 is 1.60 bits per heavy atom. The van der Waals surface area contributed by atoms with Gasteiger partial charge in [-0.25, -0.2) is 0 Å². The number of hydrogen-bond acceptors (Lipinski definition) is 0. The Labute approximate surface area is 47.6 Å². The van der Waals surface area contributed by atoms with Crippen molar-refractivity contribution in [1.29, 1.82) is 0 Å². The number of rotatable bonds is 0. The predicted molar refractivity (Wildman–Crippen MR) is 44.5 cm³/mol. The maximum absolute atomic E-state index is 3.73. The fourth-order valence-electron chi connectivity index (χ4n) is 0. The van der Waals surface area contributed by atoms with Crippen LogP contribution in [0.25, 0.3) is 0 Å². The first kappa shape index (κ1) is 6.27. The van der Waals surface area contributed by atoms with Crippen molar-refractivity contribution >= 4 is 47.7 Å². The van der Waals surface area contributed by atoms with Gasteiger partial charge >= 0.3 is 47.7 Å². The molecular formula is H4B3IS. The molecule has 0 aromatic heterocycles. The average Bonchev–Trinajstić information content (AvgIpc) is 0.722. The molecule has 0 aliphatic heterocycles. The monoisotopic (exact) mass is 196 g/mol. The molecule has 0 rings (SSSR count). The van der Waals surface area contributed by atoms with Crippen molar-refractivity contribution in [3.05, 3.63) is 0 Å². The van der Waals surface area contributed by atoms with Crippen LogP contribution < -0.4 is 0 Å². The van der Waals surface area contributed by atoms with Crippen LogP contribution in [-0.4, -0.2) is 20.6 Å². The van der Waals surface area contributed by atoms with E-state index in [0.717, 1.165) is 0 Å². The molecular weight excluding hydrogens is 191 g/mol. The Bertz CT molecular complexity index is 90.1. The van der Waals surface area contributed by atoms with Crippen LogP contribution in [0.3, 0.4) is 0 Å². The van der Waals surface area contributed by atoms with Gasteiger partial charge in [-0.1, -0.05) is 0 Å². The van der Waals surface area contributed by atoms with Crippen LogP contribution in [0.2, 0.25) is 0 Å². The van der Waals surface area contributed by atoms with E-state index in [9.17, 15) is 0 Å². The molecule has 0 unspecified atom stereocenters. The Hall–Kier alpha value is 1.27. The van der Waals surface area contributed by atoms with Crippen LogP contribution in [0.5, 0.6) is 0 Å². The van der Waals surface area contributed by atoms with E-state index in [2.05, 4.69) is 34.6 Å². The van der Waals surface area contributed by atoms with Gasteiger partial charge in [-0.2, -0.15) is 0 Å². The van der Waals surface area contributed by atoms with E-state index in [4.69, 9.17) is 0 Å². The van der Waals surface area contributed by atoms with Crippen LogP contribution in [0.1, 0.15) is 0 Å². The molecule has 0 bridgehead atoms. The Balaban J connectivity index is 4.06. The van der Waals surface area contributed by atoms with Gasteiger partial charge in [0.25, 0.3) is 0 Å². The molecule has 0 aromatic rings. The van der Waals surface area contributed by atoms with E-state index in [1.807, 2.05) is 7.12 Å². The topological polar surface area (TPSA) is 0 Å². The Kier molecular flexibility index (Phi) is 2.29. The molecule has 0 N–H and O–H groups in total. The summed E-state index contributed by atoms with van der Waals surface area (Å²) in [5.74, 6) is -0.697. The summed E-state index contributed by atoms with van der Waals surface area (Å²) in [4.78, 5) is 0. The van der Waals surface area contributed by atoms with Crippen LogP contribution in [0, 0.1) is 0 Å². The summed E-state index contributed by atoms with van der Waals surface area (Å²) in [6.45, 7) is 7.46. The summed E-state index contributed by atoms with van der Waals surface area (Å²) in [6, 6.07) is 0. The van der Waals surface area contributed by atoms with E-state index in [1.54, 1.807) is 0 Å². The Morgan fingerprint density at radius 1 is 1.60 bits per heavy atom. The average molecular weight is 195 g/mol. The second-order valence-electron chi connectivity index (χ2n) is 1.15. The zero-order chi connectivity index (χ0) is 4.50. The first-order valence-corrected chi connectivity index (χ1v) is 6.06. The van der Waals surface area contributed by atoms with Crippen molar-refractivity contribution in [3.8, 4) is 0 Å². The second kappa shape index (κ2) is 1.82. The minimum atomic E-state index is -0.697. The SMILES string of the molecule is B=S(=B)(B)I. The van der Waals surface area contributed by atoms with E-state index >= 15 is 0 Å². The predicted octanol–water partition coefficient (Wildman–Crippen LogP) is -0.679. The third kappa shape index (κ3) is 34.8. The van der Waals surface area contributed by atoms with Gasteiger partial charge in [0.1, 0.15) is 0 Å². The molecule has 0 saturated heterocycles. The molecule has 5 heteroatoms. The van der Waals surface area contributed by atoms with Gasteiger partial charge in [0.15, 0.2) is 0 Å². The molecule has 0 radical (unpaired) electrons. The fraction of sp³-hybridized carbons (Fsp3) is 0. The zero-order valence-electron chi connectivity index (χ0n) is 3.20. The molecule has 0 fully saturated rings. The van der Waals surface area contributed by atoms with Crippen molar-refractivity contribution in [1.82, 2.24) is 0 Å². The number of hydrogen-bond donors (Lipinski definition) is 0. The molecule has 0 spiro atoms. The van der Waals surface area contributed by atoms with Crippen LogP contribution in [0.15, 0.2) is 0 Å². The molecule has 0 aliphatic carbocycles. The van der Waals surface area contributed by atoms with E-state index < -0.39 is 5.90 Å². The molecule has 0 aliphatic rings. The molecule has 5 heavy (non-hydrogen) atoms. The van der Waals surface area contributed by atoms with Crippen molar-refractivity contribution in [2.75, 3.05) is 0 Å². The van der Waals surface area contributed by atoms with Crippen LogP contribution >= 0.6 is 27.1 Å². The summed E-state index contributed by atoms with van der Waals surface area (Å²) in [5.41, 5.74) is 0. The van der Waals surface area contributed by atoms with Gasteiger partial charge in [-0.3, -0.25) is 0 Å². The summed E-state index contributed by atoms with van der Waals surface area (Å²) >= 11 is 2.24. The van der Waals surface area contributed by atoms with Crippen molar-refractivity contribution in [2.45, 2.75) is 0 Å². The van der Waals surface area contributed by atoms with Crippen molar-refractivity contribution in [2.24, 2.45) is 0 Å². The summed E-state index contributed by atoms with van der Waals surface area (Å²) in [5, 5.41) is 0. The number of halogens is 1. The summed E-state index contributed by atoms with van der Waals surface area (Å²) in [6.07, 6.45) is 0. The van der Waals surface area contributed by atoms with Crippen molar-refractivity contribution < 1.29 is 0 Å². The van der Waals surface area contributed by atoms with Crippen LogP contribution in [-0.2, 0) is 0 Å². The molecule has 0 aromatic carbocycles. The molecule has 0 amide bonds. The minimum absolute atomic E-state index is 0.697. The van der Waals surface area contributed by atoms with Gasteiger partial charge in [0.2, 0.25) is 0 Å². The molecule has 0 heterocycles. The van der Waals surface area contributed by atoms with Gasteiger partial charge in [-0.15, -0.1) is 0 Å². The Morgan fingerprint density at radius 2 is 1.60 bits per heavy atom. The molecule has 0 saturated carbocycles. The van der Waals surface area contributed by atoms with Gasteiger partial charge < -0.3 is 0 Å². The standard InChI is InChI=1S/B3H4IS/c1-5(2,3)4/h1-2H,3H2. The van der Waals surface area contributed by atoms with Crippen LogP contribution in [0.4, 0.5) is 0 Å². The molecule has 0 nitrogen and oxygen atoms in total. The van der Waals surface area contributed by atoms with E-state index in [-0.39, 0.29) is 0 Å². The summed E-state index contributed by atoms with van der Waals surface area (Å²) in [7, 11) is 2.04. The van der Waals surface area contributed by atoms with E-state index in [1.165, 1.54) is 0 Å². The van der Waals surface area contributed by atoms with Gasteiger partial charge in [0.05, 0.1) is 0 Å². The van der Waals surface area contributed by atoms with E-state index in [0.29, 0.717) is 0 Å². The van der Waals surface area contributed by atoms with Crippen molar-refractivity contribution in [3.63, 3.8) is 0 Å². The fourth-order valence-corrected chi connectivity index (χ4v) is 0. The normalized spacial score (nSPS) is 11.0. The zero-order valence-corrected chi connectivity index (χ0v) is 6.17. The third-order valence-electron chi connectivity index (χ3n) is 0. The second-order valence-corrected chi connectivity index (χ2v) is 9.84. The van der Waals surface area contributed by atoms with Gasteiger partial charge in [0, 0.05) is 0 Å². The molecule has 26 valence electrons. The maximum atomic E-state index is 3.73.